The SMILES string of the molecule is CC(=O)N(CCC(=O)Nc1cccc(Cl)c1Cl)c1ccccc1C(C)C. The molecule has 0 saturated heterocycles. The molecular weight excluding hydrogens is 371 g/mol. The summed E-state index contributed by atoms with van der Waals surface area (Å²) in [6.45, 7) is 5.93. The van der Waals surface area contributed by atoms with Gasteiger partial charge in [-0.05, 0) is 29.7 Å². The molecule has 2 rings (SSSR count). The molecule has 0 aromatic heterocycles. The second-order valence-electron chi connectivity index (χ2n) is 6.28. The van der Waals surface area contributed by atoms with Gasteiger partial charge in [0.05, 0.1) is 15.7 Å². The Balaban J connectivity index is 2.11. The number of nitrogens with zero attached hydrogens (tertiary/aromatic N) is 1. The predicted molar refractivity (Wildman–Crippen MR) is 108 cm³/mol. The van der Waals surface area contributed by atoms with Crippen molar-refractivity contribution < 1.29 is 9.59 Å². The Morgan fingerprint density at radius 2 is 1.77 bits per heavy atom. The van der Waals surface area contributed by atoms with Gasteiger partial charge in [0.25, 0.3) is 0 Å². The summed E-state index contributed by atoms with van der Waals surface area (Å²) in [6.07, 6.45) is 0.148. The minimum absolute atomic E-state index is 0.105. The lowest BCUT2D eigenvalue weighted by molar-refractivity contribution is -0.117. The highest BCUT2D eigenvalue weighted by atomic mass is 35.5. The summed E-state index contributed by atoms with van der Waals surface area (Å²) in [5, 5.41) is 3.42. The summed E-state index contributed by atoms with van der Waals surface area (Å²) in [6, 6.07) is 12.8. The summed E-state index contributed by atoms with van der Waals surface area (Å²) in [7, 11) is 0. The van der Waals surface area contributed by atoms with Crippen LogP contribution in [0, 0.1) is 0 Å². The van der Waals surface area contributed by atoms with Gasteiger partial charge in [0.1, 0.15) is 0 Å². The summed E-state index contributed by atoms with van der Waals surface area (Å²) < 4.78 is 0. The van der Waals surface area contributed by atoms with Gasteiger partial charge in [-0.25, -0.2) is 0 Å². The fraction of sp³-hybridized carbons (Fsp3) is 0.300. The smallest absolute Gasteiger partial charge is 0.226 e. The van der Waals surface area contributed by atoms with Crippen LogP contribution in [0.3, 0.4) is 0 Å². The molecule has 0 unspecified atom stereocenters. The van der Waals surface area contributed by atoms with E-state index in [9.17, 15) is 9.59 Å². The minimum Gasteiger partial charge on any atom is -0.325 e. The van der Waals surface area contributed by atoms with Crippen molar-refractivity contribution in [3.05, 3.63) is 58.1 Å². The number of carbonyl (C=O) groups is 2. The zero-order chi connectivity index (χ0) is 19.3. The third-order valence-corrected chi connectivity index (χ3v) is 4.84. The van der Waals surface area contributed by atoms with Crippen molar-refractivity contribution in [2.75, 3.05) is 16.8 Å². The Labute approximate surface area is 164 Å². The maximum absolute atomic E-state index is 12.3. The van der Waals surface area contributed by atoms with Crippen molar-refractivity contribution in [3.8, 4) is 0 Å². The number of hydrogen-bond donors (Lipinski definition) is 1. The summed E-state index contributed by atoms with van der Waals surface area (Å²) in [4.78, 5) is 26.1. The summed E-state index contributed by atoms with van der Waals surface area (Å²) >= 11 is 12.0. The lowest BCUT2D eigenvalue weighted by Gasteiger charge is -2.25. The third kappa shape index (κ3) is 4.99. The van der Waals surface area contributed by atoms with Crippen LogP contribution in [0.25, 0.3) is 0 Å². The first-order valence-electron chi connectivity index (χ1n) is 8.42. The highest BCUT2D eigenvalue weighted by molar-refractivity contribution is 6.43. The van der Waals surface area contributed by atoms with Gasteiger partial charge in [0.2, 0.25) is 11.8 Å². The van der Waals surface area contributed by atoms with E-state index in [1.165, 1.54) is 6.92 Å². The number of hydrogen-bond acceptors (Lipinski definition) is 2. The van der Waals surface area contributed by atoms with E-state index >= 15 is 0 Å². The van der Waals surface area contributed by atoms with Crippen molar-refractivity contribution >= 4 is 46.4 Å². The van der Waals surface area contributed by atoms with E-state index in [4.69, 9.17) is 23.2 Å². The standard InChI is InChI=1S/C20H22Cl2N2O2/c1-13(2)15-7-4-5-10-18(15)24(14(3)25)12-11-19(26)23-17-9-6-8-16(21)20(17)22/h4-10,13H,11-12H2,1-3H3,(H,23,26). The molecule has 6 heteroatoms. The molecule has 138 valence electrons. The van der Waals surface area contributed by atoms with Crippen molar-refractivity contribution in [3.63, 3.8) is 0 Å². The highest BCUT2D eigenvalue weighted by Gasteiger charge is 2.18. The number of anilines is 2. The topological polar surface area (TPSA) is 49.4 Å². The zero-order valence-electron chi connectivity index (χ0n) is 15.1. The van der Waals surface area contributed by atoms with Gasteiger partial charge in [0.15, 0.2) is 0 Å². The van der Waals surface area contributed by atoms with Crippen LogP contribution in [0.5, 0.6) is 0 Å². The van der Waals surface area contributed by atoms with Crippen LogP contribution in [-0.2, 0) is 9.59 Å². The second kappa shape index (κ2) is 9.06. The Bertz CT molecular complexity index is 806. The van der Waals surface area contributed by atoms with Crippen LogP contribution in [0.15, 0.2) is 42.5 Å². The maximum Gasteiger partial charge on any atom is 0.226 e. The van der Waals surface area contributed by atoms with E-state index in [2.05, 4.69) is 19.2 Å². The van der Waals surface area contributed by atoms with Crippen LogP contribution in [0.2, 0.25) is 10.0 Å². The van der Waals surface area contributed by atoms with Gasteiger partial charge in [0, 0.05) is 25.6 Å². The second-order valence-corrected chi connectivity index (χ2v) is 7.07. The normalized spacial score (nSPS) is 10.7. The molecule has 0 spiro atoms. The van der Waals surface area contributed by atoms with Crippen molar-refractivity contribution in [1.29, 1.82) is 0 Å². The van der Waals surface area contributed by atoms with E-state index in [1.807, 2.05) is 24.3 Å². The molecule has 0 aliphatic rings. The van der Waals surface area contributed by atoms with Crippen molar-refractivity contribution in [2.24, 2.45) is 0 Å². The van der Waals surface area contributed by atoms with Gasteiger partial charge in [-0.3, -0.25) is 9.59 Å². The first-order chi connectivity index (χ1) is 12.3. The number of amides is 2. The average Bonchev–Trinajstić information content (AvgIpc) is 2.59. The molecule has 0 bridgehead atoms. The number of rotatable bonds is 6. The van der Waals surface area contributed by atoms with Gasteiger partial charge < -0.3 is 10.2 Å². The largest absolute Gasteiger partial charge is 0.325 e. The molecule has 0 heterocycles. The van der Waals surface area contributed by atoms with Gasteiger partial charge in [-0.2, -0.15) is 0 Å². The molecule has 0 atom stereocenters. The predicted octanol–water partition coefficient (Wildman–Crippen LogP) is 5.50. The Morgan fingerprint density at radius 1 is 1.08 bits per heavy atom. The molecule has 26 heavy (non-hydrogen) atoms. The maximum atomic E-state index is 12.3. The lowest BCUT2D eigenvalue weighted by atomic mass is 10.0. The first kappa shape index (κ1) is 20.3. The summed E-state index contributed by atoms with van der Waals surface area (Å²) in [5.41, 5.74) is 2.37. The van der Waals surface area contributed by atoms with E-state index in [0.717, 1.165) is 11.3 Å². The Hall–Kier alpha value is -2.04. The molecule has 0 radical (unpaired) electrons. The fourth-order valence-corrected chi connectivity index (χ4v) is 3.04. The van der Waals surface area contributed by atoms with Gasteiger partial charge >= 0.3 is 0 Å². The fourth-order valence-electron chi connectivity index (χ4n) is 2.70. The number of carbonyl (C=O) groups excluding carboxylic acids is 2. The molecule has 2 amide bonds. The number of nitrogens with one attached hydrogen (secondary N) is 1. The quantitative estimate of drug-likeness (QED) is 0.705. The summed E-state index contributed by atoms with van der Waals surface area (Å²) in [5.74, 6) is -0.0683. The van der Waals surface area contributed by atoms with E-state index in [-0.39, 0.29) is 30.7 Å². The molecule has 1 N–H and O–H groups in total. The lowest BCUT2D eigenvalue weighted by Crippen LogP contribution is -2.32. The van der Waals surface area contributed by atoms with E-state index < -0.39 is 0 Å². The van der Waals surface area contributed by atoms with E-state index in [1.54, 1.807) is 23.1 Å². The third-order valence-electron chi connectivity index (χ3n) is 4.02. The van der Waals surface area contributed by atoms with Crippen LogP contribution in [0.1, 0.15) is 38.7 Å². The Morgan fingerprint density at radius 3 is 2.42 bits per heavy atom. The van der Waals surface area contributed by atoms with Crippen LogP contribution in [0.4, 0.5) is 11.4 Å². The highest BCUT2D eigenvalue weighted by Crippen LogP contribution is 2.30. The monoisotopic (exact) mass is 392 g/mol. The molecule has 0 fully saturated rings. The number of benzene rings is 2. The molecule has 4 nitrogen and oxygen atoms in total. The minimum atomic E-state index is -0.234. The number of para-hydroxylation sites is 1. The van der Waals surface area contributed by atoms with Gasteiger partial charge in [-0.15, -0.1) is 0 Å². The zero-order valence-corrected chi connectivity index (χ0v) is 16.6. The van der Waals surface area contributed by atoms with Crippen LogP contribution < -0.4 is 10.2 Å². The molecule has 2 aromatic rings. The average molecular weight is 393 g/mol. The van der Waals surface area contributed by atoms with Crippen LogP contribution >= 0.6 is 23.2 Å². The first-order valence-corrected chi connectivity index (χ1v) is 9.17. The van der Waals surface area contributed by atoms with Crippen molar-refractivity contribution in [1.82, 2.24) is 0 Å². The molecule has 0 aliphatic carbocycles. The number of halogens is 2. The van der Waals surface area contributed by atoms with Gasteiger partial charge in [-0.1, -0.05) is 61.3 Å². The van der Waals surface area contributed by atoms with Crippen molar-refractivity contribution in [2.45, 2.75) is 33.1 Å². The molecule has 0 aliphatic heterocycles. The van der Waals surface area contributed by atoms with Crippen LogP contribution in [-0.4, -0.2) is 18.4 Å². The molecule has 2 aromatic carbocycles. The molecule has 0 saturated carbocycles. The molecular formula is C20H22Cl2N2O2. The Kier molecular flexibility index (Phi) is 7.06. The van der Waals surface area contributed by atoms with E-state index in [0.29, 0.717) is 15.7 Å².